The highest BCUT2D eigenvalue weighted by Gasteiger charge is 2.34. The van der Waals surface area contributed by atoms with Crippen LogP contribution in [-0.2, 0) is 12.0 Å². The van der Waals surface area contributed by atoms with Gasteiger partial charge in [-0.25, -0.2) is 4.98 Å². The Kier molecular flexibility index (Phi) is 5.08. The Labute approximate surface area is 122 Å². The van der Waals surface area contributed by atoms with Crippen molar-refractivity contribution in [2.75, 3.05) is 11.4 Å². The molecule has 0 radical (unpaired) electrons. The zero-order valence-electron chi connectivity index (χ0n) is 12.5. The van der Waals surface area contributed by atoms with Crippen LogP contribution in [0.1, 0.15) is 45.2 Å². The molecule has 0 spiro atoms. The molecule has 1 heterocycles. The molecule has 1 aromatic heterocycles. The van der Waals surface area contributed by atoms with Gasteiger partial charge in [0, 0.05) is 22.9 Å². The third-order valence-electron chi connectivity index (χ3n) is 2.80. The van der Waals surface area contributed by atoms with Crippen molar-refractivity contribution in [1.29, 1.82) is 0 Å². The first-order valence-electron chi connectivity index (χ1n) is 6.49. The van der Waals surface area contributed by atoms with Crippen LogP contribution in [0.3, 0.4) is 0 Å². The second kappa shape index (κ2) is 5.89. The zero-order valence-corrected chi connectivity index (χ0v) is 13.3. The molecular formula is C13H22F3N3S. The van der Waals surface area contributed by atoms with Crippen LogP contribution in [0.25, 0.3) is 0 Å². The number of rotatable bonds is 4. The number of hydrogen-bond donors (Lipinski definition) is 1. The van der Waals surface area contributed by atoms with Gasteiger partial charge in [-0.05, 0) is 13.8 Å². The smallest absolute Gasteiger partial charge is 0.337 e. The van der Waals surface area contributed by atoms with Gasteiger partial charge in [0.1, 0.15) is 6.54 Å². The number of nitrogens with zero attached hydrogens (tertiary/aromatic N) is 2. The van der Waals surface area contributed by atoms with Crippen molar-refractivity contribution in [2.24, 2.45) is 5.73 Å². The van der Waals surface area contributed by atoms with Crippen molar-refractivity contribution in [1.82, 2.24) is 4.98 Å². The van der Waals surface area contributed by atoms with E-state index in [0.29, 0.717) is 11.7 Å². The lowest BCUT2D eigenvalue weighted by molar-refractivity contribution is -0.120. The Morgan fingerprint density at radius 1 is 1.25 bits per heavy atom. The van der Waals surface area contributed by atoms with Gasteiger partial charge in [-0.2, -0.15) is 13.2 Å². The highest BCUT2D eigenvalue weighted by atomic mass is 32.1. The van der Waals surface area contributed by atoms with Crippen LogP contribution in [0.5, 0.6) is 0 Å². The van der Waals surface area contributed by atoms with E-state index in [1.807, 2.05) is 20.8 Å². The van der Waals surface area contributed by atoms with E-state index >= 15 is 0 Å². The van der Waals surface area contributed by atoms with Gasteiger partial charge in [-0.1, -0.05) is 20.8 Å². The van der Waals surface area contributed by atoms with E-state index in [4.69, 9.17) is 5.73 Å². The number of halogens is 3. The van der Waals surface area contributed by atoms with Crippen molar-refractivity contribution in [3.63, 3.8) is 0 Å². The second-order valence-corrected chi connectivity index (χ2v) is 7.12. The molecule has 0 unspecified atom stereocenters. The van der Waals surface area contributed by atoms with Crippen LogP contribution in [0, 0.1) is 0 Å². The second-order valence-electron chi connectivity index (χ2n) is 6.06. The molecule has 0 aliphatic carbocycles. The van der Waals surface area contributed by atoms with Crippen LogP contribution in [0.4, 0.5) is 18.3 Å². The number of hydrogen-bond acceptors (Lipinski definition) is 4. The van der Waals surface area contributed by atoms with Gasteiger partial charge in [0.15, 0.2) is 5.13 Å². The first-order chi connectivity index (χ1) is 8.95. The normalized spacial score (nSPS) is 13.1. The number of anilines is 1. The first-order valence-corrected chi connectivity index (χ1v) is 7.31. The number of aromatic nitrogens is 1. The molecule has 7 heteroatoms. The lowest BCUT2D eigenvalue weighted by Gasteiger charge is -2.27. The van der Waals surface area contributed by atoms with Crippen LogP contribution in [0.15, 0.2) is 0 Å². The van der Waals surface area contributed by atoms with E-state index < -0.39 is 12.7 Å². The van der Waals surface area contributed by atoms with Crippen molar-refractivity contribution in [2.45, 2.75) is 58.8 Å². The average Bonchev–Trinajstić information content (AvgIpc) is 2.67. The summed E-state index contributed by atoms with van der Waals surface area (Å²) in [6.07, 6.45) is -4.25. The van der Waals surface area contributed by atoms with Crippen LogP contribution >= 0.6 is 11.3 Å². The molecule has 0 saturated heterocycles. The van der Waals surface area contributed by atoms with Gasteiger partial charge in [-0.3, -0.25) is 0 Å². The molecule has 0 bridgehead atoms. The summed E-state index contributed by atoms with van der Waals surface area (Å²) in [5.74, 6) is 0. The van der Waals surface area contributed by atoms with Gasteiger partial charge in [0.05, 0.1) is 5.69 Å². The van der Waals surface area contributed by atoms with E-state index in [1.165, 1.54) is 16.2 Å². The third kappa shape index (κ3) is 4.34. The van der Waals surface area contributed by atoms with Gasteiger partial charge < -0.3 is 10.6 Å². The SMILES string of the molecule is CC(C)N(CC(F)(F)F)c1nc(C(C)(C)C)c(CN)s1. The Balaban J connectivity index is 3.19. The minimum Gasteiger partial charge on any atom is -0.337 e. The molecule has 0 aliphatic heterocycles. The first kappa shape index (κ1) is 17.2. The van der Waals surface area contributed by atoms with Gasteiger partial charge in [0.2, 0.25) is 0 Å². The quantitative estimate of drug-likeness (QED) is 0.922. The monoisotopic (exact) mass is 309 g/mol. The maximum Gasteiger partial charge on any atom is 0.406 e. The summed E-state index contributed by atoms with van der Waals surface area (Å²) < 4.78 is 38.1. The fraction of sp³-hybridized carbons (Fsp3) is 0.769. The fourth-order valence-corrected chi connectivity index (χ4v) is 3.13. The Morgan fingerprint density at radius 3 is 2.10 bits per heavy atom. The number of thiazole rings is 1. The van der Waals surface area contributed by atoms with Gasteiger partial charge in [0.25, 0.3) is 0 Å². The van der Waals surface area contributed by atoms with Crippen LogP contribution in [-0.4, -0.2) is 23.7 Å². The summed E-state index contributed by atoms with van der Waals surface area (Å²) in [5.41, 5.74) is 6.25. The summed E-state index contributed by atoms with van der Waals surface area (Å²) >= 11 is 1.25. The average molecular weight is 309 g/mol. The summed E-state index contributed by atoms with van der Waals surface area (Å²) in [6.45, 7) is 8.70. The molecule has 20 heavy (non-hydrogen) atoms. The minimum absolute atomic E-state index is 0.232. The molecule has 0 aromatic carbocycles. The molecule has 0 aliphatic rings. The highest BCUT2D eigenvalue weighted by Crippen LogP contribution is 2.35. The maximum atomic E-state index is 12.7. The topological polar surface area (TPSA) is 42.2 Å². The fourth-order valence-electron chi connectivity index (χ4n) is 1.85. The lowest BCUT2D eigenvalue weighted by atomic mass is 9.91. The summed E-state index contributed by atoms with van der Waals surface area (Å²) in [7, 11) is 0. The Bertz CT molecular complexity index is 447. The Morgan fingerprint density at radius 2 is 1.80 bits per heavy atom. The zero-order chi connectivity index (χ0) is 15.7. The summed E-state index contributed by atoms with van der Waals surface area (Å²) in [6, 6.07) is -0.277. The summed E-state index contributed by atoms with van der Waals surface area (Å²) in [4.78, 5) is 6.55. The largest absolute Gasteiger partial charge is 0.406 e. The van der Waals surface area contributed by atoms with Gasteiger partial charge in [-0.15, -0.1) is 11.3 Å². The molecule has 2 N–H and O–H groups in total. The maximum absolute atomic E-state index is 12.7. The molecule has 116 valence electrons. The van der Waals surface area contributed by atoms with Crippen molar-refractivity contribution in [3.8, 4) is 0 Å². The molecule has 0 atom stereocenters. The van der Waals surface area contributed by atoms with Gasteiger partial charge >= 0.3 is 6.18 Å². The predicted octanol–water partition coefficient (Wildman–Crippen LogP) is 3.68. The van der Waals surface area contributed by atoms with Crippen molar-refractivity contribution < 1.29 is 13.2 Å². The predicted molar refractivity (Wildman–Crippen MR) is 77.2 cm³/mol. The molecule has 3 nitrogen and oxygen atoms in total. The molecule has 0 amide bonds. The molecule has 1 rings (SSSR count). The van der Waals surface area contributed by atoms with E-state index in [0.717, 1.165) is 10.6 Å². The van der Waals surface area contributed by atoms with Crippen molar-refractivity contribution >= 4 is 16.5 Å². The number of alkyl halides is 3. The number of nitrogens with two attached hydrogens (primary N) is 1. The molecule has 1 aromatic rings. The summed E-state index contributed by atoms with van der Waals surface area (Å²) in [5, 5.41) is 0.391. The van der Waals surface area contributed by atoms with E-state index in [1.54, 1.807) is 13.8 Å². The Hall–Kier alpha value is -0.820. The van der Waals surface area contributed by atoms with Crippen LogP contribution < -0.4 is 10.6 Å². The molecule has 0 saturated carbocycles. The molecule has 0 fully saturated rings. The minimum atomic E-state index is -4.25. The van der Waals surface area contributed by atoms with E-state index in [-0.39, 0.29) is 11.5 Å². The molecular weight excluding hydrogens is 287 g/mol. The van der Waals surface area contributed by atoms with Crippen LogP contribution in [0.2, 0.25) is 0 Å². The van der Waals surface area contributed by atoms with E-state index in [2.05, 4.69) is 4.98 Å². The standard InChI is InChI=1S/C13H22F3N3S/c1-8(2)19(7-13(14,15)16)11-18-10(12(3,4)5)9(6-17)20-11/h8H,6-7,17H2,1-5H3. The van der Waals surface area contributed by atoms with Crippen molar-refractivity contribution in [3.05, 3.63) is 10.6 Å². The van der Waals surface area contributed by atoms with E-state index in [9.17, 15) is 13.2 Å². The highest BCUT2D eigenvalue weighted by molar-refractivity contribution is 7.15. The third-order valence-corrected chi connectivity index (χ3v) is 3.92. The lowest BCUT2D eigenvalue weighted by Crippen LogP contribution is -2.39.